The Kier molecular flexibility index (Phi) is 4.94. The van der Waals surface area contributed by atoms with Gasteiger partial charge in [0.25, 0.3) is 0 Å². The quantitative estimate of drug-likeness (QED) is 0.803. The highest BCUT2D eigenvalue weighted by atomic mass is 79.9. The van der Waals surface area contributed by atoms with Gasteiger partial charge < -0.3 is 5.32 Å². The molecule has 0 aliphatic heterocycles. The molecule has 0 aliphatic carbocycles. The lowest BCUT2D eigenvalue weighted by atomic mass is 9.81. The summed E-state index contributed by atoms with van der Waals surface area (Å²) < 4.78 is 0.888. The first-order valence-electron chi connectivity index (χ1n) is 5.79. The largest absolute Gasteiger partial charge is 0.324 e. The van der Waals surface area contributed by atoms with Crippen LogP contribution in [0.2, 0.25) is 0 Å². The number of nitrogens with one attached hydrogen (secondary N) is 1. The average molecular weight is 296 g/mol. The molecule has 1 aromatic carbocycles. The smallest absolute Gasteiger partial charge is 0.234 e. The summed E-state index contributed by atoms with van der Waals surface area (Å²) in [6.07, 6.45) is 3.26. The molecule has 0 bridgehead atoms. The zero-order chi connectivity index (χ0) is 12.9. The van der Waals surface area contributed by atoms with Crippen LogP contribution in [0.15, 0.2) is 41.4 Å². The molecule has 0 aliphatic rings. The number of amides is 1. The van der Waals surface area contributed by atoms with Crippen molar-refractivity contribution in [2.24, 2.45) is 5.41 Å². The van der Waals surface area contributed by atoms with Crippen molar-refractivity contribution in [2.45, 2.75) is 26.7 Å². The summed E-state index contributed by atoms with van der Waals surface area (Å²) in [7, 11) is 0. The van der Waals surface area contributed by atoms with Crippen molar-refractivity contribution in [3.05, 3.63) is 41.4 Å². The summed E-state index contributed by atoms with van der Waals surface area (Å²) >= 11 is 3.42. The average Bonchev–Trinajstić information content (AvgIpc) is 2.35. The molecule has 3 heteroatoms. The van der Waals surface area contributed by atoms with Gasteiger partial charge >= 0.3 is 0 Å². The standard InChI is InChI=1S/C14H18BrNO/c1-4-14(5-2,6-3)13(17)16-12-10-8-7-9-11(12)15/h4,7-10H,1,5-6H2,2-3H3,(H,16,17). The van der Waals surface area contributed by atoms with Gasteiger partial charge in [0.05, 0.1) is 11.1 Å². The summed E-state index contributed by atoms with van der Waals surface area (Å²) in [6, 6.07) is 7.60. The Morgan fingerprint density at radius 1 is 1.41 bits per heavy atom. The van der Waals surface area contributed by atoms with Crippen molar-refractivity contribution in [1.29, 1.82) is 0 Å². The van der Waals surface area contributed by atoms with Crippen LogP contribution in [0.5, 0.6) is 0 Å². The molecule has 2 nitrogen and oxygen atoms in total. The van der Waals surface area contributed by atoms with E-state index in [0.717, 1.165) is 23.0 Å². The third kappa shape index (κ3) is 2.97. The van der Waals surface area contributed by atoms with E-state index in [2.05, 4.69) is 27.8 Å². The maximum absolute atomic E-state index is 12.3. The van der Waals surface area contributed by atoms with Gasteiger partial charge in [0.1, 0.15) is 0 Å². The molecule has 0 heterocycles. The molecule has 0 fully saturated rings. The van der Waals surface area contributed by atoms with E-state index >= 15 is 0 Å². The fourth-order valence-corrected chi connectivity index (χ4v) is 2.15. The van der Waals surface area contributed by atoms with Crippen LogP contribution in [0.3, 0.4) is 0 Å². The molecule has 1 aromatic rings. The number of carbonyl (C=O) groups is 1. The first kappa shape index (κ1) is 14.0. The van der Waals surface area contributed by atoms with Crippen LogP contribution in [-0.4, -0.2) is 5.91 Å². The van der Waals surface area contributed by atoms with Crippen molar-refractivity contribution >= 4 is 27.5 Å². The van der Waals surface area contributed by atoms with Crippen molar-refractivity contribution in [2.75, 3.05) is 5.32 Å². The summed E-state index contributed by atoms with van der Waals surface area (Å²) in [6.45, 7) is 7.80. The number of carbonyl (C=O) groups excluding carboxylic acids is 1. The Bertz CT molecular complexity index is 410. The van der Waals surface area contributed by atoms with E-state index in [1.807, 2.05) is 38.1 Å². The number of halogens is 1. The van der Waals surface area contributed by atoms with Gasteiger partial charge in [0, 0.05) is 4.47 Å². The fourth-order valence-electron chi connectivity index (χ4n) is 1.76. The molecule has 0 spiro atoms. The Labute approximate surface area is 111 Å². The summed E-state index contributed by atoms with van der Waals surface area (Å²) in [5, 5.41) is 2.95. The second-order valence-electron chi connectivity index (χ2n) is 4.00. The van der Waals surface area contributed by atoms with E-state index in [9.17, 15) is 4.79 Å². The molecule has 17 heavy (non-hydrogen) atoms. The molecule has 1 amide bonds. The van der Waals surface area contributed by atoms with Gasteiger partial charge in [-0.3, -0.25) is 4.79 Å². The number of anilines is 1. The van der Waals surface area contributed by atoms with Crippen molar-refractivity contribution in [3.8, 4) is 0 Å². The van der Waals surface area contributed by atoms with E-state index < -0.39 is 5.41 Å². The third-order valence-corrected chi connectivity index (χ3v) is 3.92. The van der Waals surface area contributed by atoms with E-state index in [4.69, 9.17) is 0 Å². The van der Waals surface area contributed by atoms with Crippen LogP contribution in [0.1, 0.15) is 26.7 Å². The van der Waals surface area contributed by atoms with Crippen LogP contribution >= 0.6 is 15.9 Å². The lowest BCUT2D eigenvalue weighted by Crippen LogP contribution is -2.33. The van der Waals surface area contributed by atoms with E-state index in [0.29, 0.717) is 0 Å². The van der Waals surface area contributed by atoms with Gasteiger partial charge in [-0.25, -0.2) is 0 Å². The molecular weight excluding hydrogens is 278 g/mol. The number of rotatable bonds is 5. The fraction of sp³-hybridized carbons (Fsp3) is 0.357. The lowest BCUT2D eigenvalue weighted by molar-refractivity contribution is -0.123. The zero-order valence-corrected chi connectivity index (χ0v) is 11.9. The van der Waals surface area contributed by atoms with Gasteiger partial charge in [0.2, 0.25) is 5.91 Å². The van der Waals surface area contributed by atoms with Crippen LogP contribution in [0, 0.1) is 5.41 Å². The molecule has 0 saturated carbocycles. The highest BCUT2D eigenvalue weighted by Crippen LogP contribution is 2.31. The van der Waals surface area contributed by atoms with Crippen molar-refractivity contribution < 1.29 is 4.79 Å². The number of hydrogen-bond acceptors (Lipinski definition) is 1. The molecule has 0 aromatic heterocycles. The predicted molar refractivity (Wildman–Crippen MR) is 76.0 cm³/mol. The van der Waals surface area contributed by atoms with E-state index in [1.54, 1.807) is 6.08 Å². The van der Waals surface area contributed by atoms with Gasteiger partial charge in [-0.05, 0) is 40.9 Å². The summed E-state index contributed by atoms with van der Waals surface area (Å²) in [5.74, 6) is 0.00407. The maximum atomic E-state index is 12.3. The van der Waals surface area contributed by atoms with Crippen molar-refractivity contribution in [3.63, 3.8) is 0 Å². The molecule has 92 valence electrons. The van der Waals surface area contributed by atoms with E-state index in [-0.39, 0.29) is 5.91 Å². The minimum absolute atomic E-state index is 0.00407. The van der Waals surface area contributed by atoms with Gasteiger partial charge in [-0.1, -0.05) is 32.1 Å². The van der Waals surface area contributed by atoms with Crippen LogP contribution in [-0.2, 0) is 4.79 Å². The topological polar surface area (TPSA) is 29.1 Å². The highest BCUT2D eigenvalue weighted by molar-refractivity contribution is 9.10. The first-order valence-corrected chi connectivity index (χ1v) is 6.58. The van der Waals surface area contributed by atoms with Crippen LogP contribution < -0.4 is 5.32 Å². The van der Waals surface area contributed by atoms with Crippen molar-refractivity contribution in [1.82, 2.24) is 0 Å². The lowest BCUT2D eigenvalue weighted by Gasteiger charge is -2.26. The van der Waals surface area contributed by atoms with Crippen LogP contribution in [0.25, 0.3) is 0 Å². The summed E-state index contributed by atoms with van der Waals surface area (Å²) in [4.78, 5) is 12.3. The predicted octanol–water partition coefficient (Wildman–Crippen LogP) is 4.38. The molecule has 0 radical (unpaired) electrons. The normalized spacial score (nSPS) is 11.0. The number of para-hydroxylation sites is 1. The Balaban J connectivity index is 2.92. The van der Waals surface area contributed by atoms with Crippen LogP contribution in [0.4, 0.5) is 5.69 Å². The SMILES string of the molecule is C=CC(CC)(CC)C(=O)Nc1ccccc1Br. The second kappa shape index (κ2) is 6.01. The summed E-state index contributed by atoms with van der Waals surface area (Å²) in [5.41, 5.74) is 0.320. The molecule has 0 atom stereocenters. The molecule has 1 rings (SSSR count). The Hall–Kier alpha value is -1.09. The Morgan fingerprint density at radius 2 is 2.00 bits per heavy atom. The molecular formula is C14H18BrNO. The van der Waals surface area contributed by atoms with Gasteiger partial charge in [-0.2, -0.15) is 0 Å². The number of hydrogen-bond donors (Lipinski definition) is 1. The molecule has 0 unspecified atom stereocenters. The first-order chi connectivity index (χ1) is 8.09. The molecule has 1 N–H and O–H groups in total. The highest BCUT2D eigenvalue weighted by Gasteiger charge is 2.31. The van der Waals surface area contributed by atoms with Gasteiger partial charge in [0.15, 0.2) is 0 Å². The second-order valence-corrected chi connectivity index (χ2v) is 4.86. The Morgan fingerprint density at radius 3 is 2.47 bits per heavy atom. The van der Waals surface area contributed by atoms with Gasteiger partial charge in [-0.15, -0.1) is 6.58 Å². The zero-order valence-electron chi connectivity index (χ0n) is 10.3. The third-order valence-electron chi connectivity index (χ3n) is 3.23. The number of benzene rings is 1. The maximum Gasteiger partial charge on any atom is 0.234 e. The van der Waals surface area contributed by atoms with E-state index in [1.165, 1.54) is 0 Å². The molecule has 0 saturated heterocycles. The minimum atomic E-state index is -0.477. The monoisotopic (exact) mass is 295 g/mol. The minimum Gasteiger partial charge on any atom is -0.324 e.